The van der Waals surface area contributed by atoms with Gasteiger partial charge in [-0.3, -0.25) is 0 Å². The van der Waals surface area contributed by atoms with Gasteiger partial charge < -0.3 is 15.2 Å². The molecule has 1 aliphatic rings. The van der Waals surface area contributed by atoms with Crippen LogP contribution >= 0.6 is 0 Å². The van der Waals surface area contributed by atoms with Crippen molar-refractivity contribution in [1.29, 1.82) is 0 Å². The maximum absolute atomic E-state index is 11.2. The second-order valence-corrected chi connectivity index (χ2v) is 7.19. The molecule has 0 aromatic heterocycles. The number of aliphatic hydroxyl groups is 1. The summed E-state index contributed by atoms with van der Waals surface area (Å²) in [5.74, 6) is 0.773. The fourth-order valence-corrected chi connectivity index (χ4v) is 3.71. The van der Waals surface area contributed by atoms with Crippen molar-refractivity contribution in [2.45, 2.75) is 32.5 Å². The van der Waals surface area contributed by atoms with E-state index in [1.54, 1.807) is 0 Å². The Bertz CT molecular complexity index is 315. The lowest BCUT2D eigenvalue weighted by atomic mass is 10.1. The van der Waals surface area contributed by atoms with Crippen molar-refractivity contribution < 1.29 is 18.3 Å². The van der Waals surface area contributed by atoms with Crippen LogP contribution in [0.3, 0.4) is 0 Å². The zero-order valence-electron chi connectivity index (χ0n) is 10.6. The lowest BCUT2D eigenvalue weighted by Crippen LogP contribution is -2.34. The van der Waals surface area contributed by atoms with Gasteiger partial charge in [0.15, 0.2) is 9.84 Å². The molecule has 0 saturated carbocycles. The van der Waals surface area contributed by atoms with Crippen molar-refractivity contribution in [3.63, 3.8) is 0 Å². The minimum atomic E-state index is -2.79. The highest BCUT2D eigenvalue weighted by atomic mass is 32.2. The molecule has 1 rings (SSSR count). The minimum Gasteiger partial charge on any atom is -0.389 e. The van der Waals surface area contributed by atoms with E-state index in [2.05, 4.69) is 5.32 Å². The van der Waals surface area contributed by atoms with E-state index in [9.17, 15) is 13.5 Å². The molecular formula is C11H23NO4S. The zero-order valence-corrected chi connectivity index (χ0v) is 11.4. The van der Waals surface area contributed by atoms with Gasteiger partial charge in [0.25, 0.3) is 0 Å². The molecule has 0 bridgehead atoms. The summed E-state index contributed by atoms with van der Waals surface area (Å²) in [5, 5.41) is 12.7. The summed E-state index contributed by atoms with van der Waals surface area (Å²) in [4.78, 5) is 0. The summed E-state index contributed by atoms with van der Waals surface area (Å²) in [6.45, 7) is 5.25. The van der Waals surface area contributed by atoms with E-state index in [1.165, 1.54) is 0 Å². The molecule has 102 valence electrons. The third-order valence-electron chi connectivity index (χ3n) is 2.76. The summed E-state index contributed by atoms with van der Waals surface area (Å²) in [6.07, 6.45) is 0.313. The lowest BCUT2D eigenvalue weighted by Gasteiger charge is -2.15. The van der Waals surface area contributed by atoms with Crippen LogP contribution < -0.4 is 5.32 Å². The second kappa shape index (κ2) is 6.68. The molecule has 2 N–H and O–H groups in total. The molecule has 0 aliphatic carbocycles. The largest absolute Gasteiger partial charge is 0.389 e. The molecule has 2 unspecified atom stereocenters. The Balaban J connectivity index is 2.08. The number of aliphatic hydroxyl groups excluding tert-OH is 1. The topological polar surface area (TPSA) is 75.6 Å². The fourth-order valence-electron chi connectivity index (χ4n) is 1.85. The Kier molecular flexibility index (Phi) is 5.85. The Morgan fingerprint density at radius 1 is 1.47 bits per heavy atom. The van der Waals surface area contributed by atoms with Gasteiger partial charge in [0, 0.05) is 6.54 Å². The first kappa shape index (κ1) is 14.9. The van der Waals surface area contributed by atoms with E-state index in [0.29, 0.717) is 25.4 Å². The van der Waals surface area contributed by atoms with Gasteiger partial charge in [0.05, 0.1) is 30.3 Å². The van der Waals surface area contributed by atoms with Gasteiger partial charge in [0.2, 0.25) is 0 Å². The zero-order chi connectivity index (χ0) is 12.9. The molecule has 2 atom stereocenters. The van der Waals surface area contributed by atoms with Gasteiger partial charge in [-0.25, -0.2) is 8.42 Å². The van der Waals surface area contributed by atoms with E-state index in [1.807, 2.05) is 13.8 Å². The van der Waals surface area contributed by atoms with Gasteiger partial charge in [-0.2, -0.15) is 0 Å². The van der Waals surface area contributed by atoms with Crippen LogP contribution in [0.15, 0.2) is 0 Å². The van der Waals surface area contributed by atoms with E-state index in [-0.39, 0.29) is 17.8 Å². The molecule has 0 amide bonds. The summed E-state index contributed by atoms with van der Waals surface area (Å²) in [7, 11) is -2.79. The smallest absolute Gasteiger partial charge is 0.150 e. The molecule has 1 saturated heterocycles. The van der Waals surface area contributed by atoms with Crippen LogP contribution in [0, 0.1) is 5.92 Å². The van der Waals surface area contributed by atoms with Gasteiger partial charge in [-0.15, -0.1) is 0 Å². The molecule has 6 heteroatoms. The van der Waals surface area contributed by atoms with E-state index < -0.39 is 15.9 Å². The highest BCUT2D eigenvalue weighted by Gasteiger charge is 2.27. The van der Waals surface area contributed by atoms with Crippen molar-refractivity contribution >= 4 is 9.84 Å². The van der Waals surface area contributed by atoms with Gasteiger partial charge in [-0.1, -0.05) is 0 Å². The molecule has 1 aliphatic heterocycles. The Morgan fingerprint density at radius 3 is 2.71 bits per heavy atom. The van der Waals surface area contributed by atoms with E-state index >= 15 is 0 Å². The molecule has 0 aromatic carbocycles. The highest BCUT2D eigenvalue weighted by molar-refractivity contribution is 7.91. The van der Waals surface area contributed by atoms with Crippen molar-refractivity contribution in [3.8, 4) is 0 Å². The minimum absolute atomic E-state index is 0.115. The summed E-state index contributed by atoms with van der Waals surface area (Å²) in [6, 6.07) is 0. The molecule has 1 heterocycles. The number of hydrogen-bond donors (Lipinski definition) is 2. The monoisotopic (exact) mass is 265 g/mol. The molecule has 1 fully saturated rings. The maximum atomic E-state index is 11.2. The van der Waals surface area contributed by atoms with Crippen LogP contribution in [0.25, 0.3) is 0 Å². The Labute approximate surface area is 103 Å². The summed E-state index contributed by atoms with van der Waals surface area (Å²) >= 11 is 0. The van der Waals surface area contributed by atoms with Crippen LogP contribution in [0.2, 0.25) is 0 Å². The first-order chi connectivity index (χ1) is 7.89. The Hall–Kier alpha value is -0.170. The number of ether oxygens (including phenoxy) is 1. The van der Waals surface area contributed by atoms with Crippen LogP contribution in [0.5, 0.6) is 0 Å². The molecule has 5 nitrogen and oxygen atoms in total. The van der Waals surface area contributed by atoms with E-state index in [4.69, 9.17) is 4.74 Å². The van der Waals surface area contributed by atoms with E-state index in [0.717, 1.165) is 6.42 Å². The number of sulfone groups is 1. The first-order valence-corrected chi connectivity index (χ1v) is 7.92. The predicted octanol–water partition coefficient (Wildman–Crippen LogP) is -0.203. The normalized spacial score (nSPS) is 25.3. The number of hydrogen-bond acceptors (Lipinski definition) is 5. The van der Waals surface area contributed by atoms with Crippen LogP contribution in [0.1, 0.15) is 20.3 Å². The standard InChI is InChI=1S/C11H23NO4S/c1-9(2)16-7-11(13)6-12-5-10-3-4-17(14,15)8-10/h9-13H,3-8H2,1-2H3. The lowest BCUT2D eigenvalue weighted by molar-refractivity contribution is 0.00623. The molecule has 0 spiro atoms. The third-order valence-corrected chi connectivity index (χ3v) is 4.60. The molecular weight excluding hydrogens is 242 g/mol. The summed E-state index contributed by atoms with van der Waals surface area (Å²) < 4.78 is 27.7. The third kappa shape index (κ3) is 6.35. The molecule has 0 aromatic rings. The maximum Gasteiger partial charge on any atom is 0.150 e. The van der Waals surface area contributed by atoms with Crippen molar-refractivity contribution in [3.05, 3.63) is 0 Å². The average Bonchev–Trinajstić information content (AvgIpc) is 2.55. The quantitative estimate of drug-likeness (QED) is 0.666. The predicted molar refractivity (Wildman–Crippen MR) is 66.7 cm³/mol. The Morgan fingerprint density at radius 2 is 2.18 bits per heavy atom. The van der Waals surface area contributed by atoms with Crippen LogP contribution in [0.4, 0.5) is 0 Å². The van der Waals surface area contributed by atoms with Crippen molar-refractivity contribution in [2.24, 2.45) is 5.92 Å². The second-order valence-electron chi connectivity index (χ2n) is 4.96. The van der Waals surface area contributed by atoms with Gasteiger partial charge in [0.1, 0.15) is 0 Å². The van der Waals surface area contributed by atoms with Crippen molar-refractivity contribution in [2.75, 3.05) is 31.2 Å². The first-order valence-electron chi connectivity index (χ1n) is 6.10. The van der Waals surface area contributed by atoms with Crippen LogP contribution in [-0.2, 0) is 14.6 Å². The van der Waals surface area contributed by atoms with Crippen molar-refractivity contribution in [1.82, 2.24) is 5.32 Å². The highest BCUT2D eigenvalue weighted by Crippen LogP contribution is 2.17. The van der Waals surface area contributed by atoms with Crippen LogP contribution in [-0.4, -0.2) is 56.9 Å². The molecule has 17 heavy (non-hydrogen) atoms. The summed E-state index contributed by atoms with van der Waals surface area (Å²) in [5.41, 5.74) is 0. The fraction of sp³-hybridized carbons (Fsp3) is 1.00. The number of rotatable bonds is 7. The van der Waals surface area contributed by atoms with Gasteiger partial charge >= 0.3 is 0 Å². The SMILES string of the molecule is CC(C)OCC(O)CNCC1CCS(=O)(=O)C1. The number of nitrogens with one attached hydrogen (secondary N) is 1. The average molecular weight is 265 g/mol. The van der Waals surface area contributed by atoms with Gasteiger partial charge in [-0.05, 0) is 32.7 Å². The molecule has 0 radical (unpaired) electrons.